The van der Waals surface area contributed by atoms with Crippen molar-refractivity contribution in [2.45, 2.75) is 20.4 Å². The SMILES string of the molecule is Cc1ccc(NC(=O)NC(=O)Cn2ncc(Cl)c(Cl)c2=O)c(C)c1. The normalized spacial score (nSPS) is 10.3. The number of imide groups is 1. The number of anilines is 1. The lowest BCUT2D eigenvalue weighted by Crippen LogP contribution is -2.39. The average molecular weight is 369 g/mol. The van der Waals surface area contributed by atoms with Crippen LogP contribution in [0.1, 0.15) is 11.1 Å². The predicted molar refractivity (Wildman–Crippen MR) is 91.6 cm³/mol. The second-order valence-electron chi connectivity index (χ2n) is 5.09. The first-order chi connectivity index (χ1) is 11.3. The number of nitrogens with zero attached hydrogens (tertiary/aromatic N) is 2. The largest absolute Gasteiger partial charge is 0.325 e. The summed E-state index contributed by atoms with van der Waals surface area (Å²) in [6.45, 7) is 3.31. The van der Waals surface area contributed by atoms with Gasteiger partial charge in [0.05, 0.1) is 11.2 Å². The number of aromatic nitrogens is 2. The van der Waals surface area contributed by atoms with Crippen molar-refractivity contribution in [1.82, 2.24) is 15.1 Å². The summed E-state index contributed by atoms with van der Waals surface area (Å²) in [7, 11) is 0. The monoisotopic (exact) mass is 368 g/mol. The molecule has 0 radical (unpaired) electrons. The van der Waals surface area contributed by atoms with Gasteiger partial charge in [0, 0.05) is 5.69 Å². The third kappa shape index (κ3) is 4.33. The van der Waals surface area contributed by atoms with Crippen LogP contribution in [-0.4, -0.2) is 21.7 Å². The van der Waals surface area contributed by atoms with Crippen LogP contribution >= 0.6 is 23.2 Å². The fraction of sp³-hybridized carbons (Fsp3) is 0.200. The fourth-order valence-electron chi connectivity index (χ4n) is 1.97. The summed E-state index contributed by atoms with van der Waals surface area (Å²) >= 11 is 11.3. The van der Waals surface area contributed by atoms with Crippen molar-refractivity contribution >= 4 is 40.8 Å². The number of aryl methyl sites for hydroxylation is 2. The Bertz CT molecular complexity index is 864. The second kappa shape index (κ2) is 7.46. The molecule has 1 heterocycles. The quantitative estimate of drug-likeness (QED) is 0.870. The number of nitrogens with one attached hydrogen (secondary N) is 2. The molecule has 0 aliphatic heterocycles. The summed E-state index contributed by atoms with van der Waals surface area (Å²) in [5.74, 6) is -0.717. The first kappa shape index (κ1) is 18.0. The molecule has 9 heteroatoms. The van der Waals surface area contributed by atoms with Gasteiger partial charge in [-0.05, 0) is 25.5 Å². The van der Waals surface area contributed by atoms with Crippen molar-refractivity contribution in [3.63, 3.8) is 0 Å². The number of carbonyl (C=O) groups is 2. The molecule has 126 valence electrons. The van der Waals surface area contributed by atoms with Crippen molar-refractivity contribution in [2.24, 2.45) is 0 Å². The van der Waals surface area contributed by atoms with Gasteiger partial charge < -0.3 is 5.32 Å². The first-order valence-electron chi connectivity index (χ1n) is 6.87. The van der Waals surface area contributed by atoms with Crippen molar-refractivity contribution in [3.05, 3.63) is 55.9 Å². The van der Waals surface area contributed by atoms with Gasteiger partial charge in [0.2, 0.25) is 5.91 Å². The van der Waals surface area contributed by atoms with Gasteiger partial charge in [-0.15, -0.1) is 0 Å². The maximum atomic E-state index is 11.9. The smallest absolute Gasteiger partial charge is 0.307 e. The standard InChI is InChI=1S/C15H14Cl2N4O3/c1-8-3-4-11(9(2)5-8)19-15(24)20-12(22)7-21-14(23)13(17)10(16)6-18-21/h3-6H,7H2,1-2H3,(H2,19,20,22,24). The van der Waals surface area contributed by atoms with Crippen LogP contribution in [0.15, 0.2) is 29.2 Å². The van der Waals surface area contributed by atoms with E-state index in [4.69, 9.17) is 23.2 Å². The second-order valence-corrected chi connectivity index (χ2v) is 5.88. The van der Waals surface area contributed by atoms with Gasteiger partial charge in [-0.2, -0.15) is 5.10 Å². The summed E-state index contributed by atoms with van der Waals surface area (Å²) in [6.07, 6.45) is 1.15. The third-order valence-corrected chi connectivity index (χ3v) is 3.87. The van der Waals surface area contributed by atoms with Crippen LogP contribution in [0.4, 0.5) is 10.5 Å². The molecule has 24 heavy (non-hydrogen) atoms. The van der Waals surface area contributed by atoms with Crippen LogP contribution in [0.5, 0.6) is 0 Å². The molecule has 1 aromatic carbocycles. The maximum absolute atomic E-state index is 11.9. The molecule has 3 amide bonds. The number of amides is 3. The van der Waals surface area contributed by atoms with E-state index in [1.54, 1.807) is 6.07 Å². The van der Waals surface area contributed by atoms with Crippen LogP contribution in [0.2, 0.25) is 10.0 Å². The lowest BCUT2D eigenvalue weighted by Gasteiger charge is -2.10. The van der Waals surface area contributed by atoms with E-state index < -0.39 is 24.0 Å². The van der Waals surface area contributed by atoms with E-state index >= 15 is 0 Å². The topological polar surface area (TPSA) is 93.1 Å². The minimum absolute atomic E-state index is 0.00841. The van der Waals surface area contributed by atoms with Crippen LogP contribution in [0, 0.1) is 13.8 Å². The number of hydrogen-bond acceptors (Lipinski definition) is 4. The molecular weight excluding hydrogens is 355 g/mol. The number of rotatable bonds is 3. The Morgan fingerprint density at radius 3 is 2.62 bits per heavy atom. The molecule has 2 aromatic rings. The number of urea groups is 1. The lowest BCUT2D eigenvalue weighted by molar-refractivity contribution is -0.120. The van der Waals surface area contributed by atoms with Crippen molar-refractivity contribution in [1.29, 1.82) is 0 Å². The zero-order valence-corrected chi connectivity index (χ0v) is 14.4. The van der Waals surface area contributed by atoms with Crippen molar-refractivity contribution in [2.75, 3.05) is 5.32 Å². The molecule has 0 spiro atoms. The van der Waals surface area contributed by atoms with Crippen molar-refractivity contribution < 1.29 is 9.59 Å². The molecule has 0 aliphatic carbocycles. The summed E-state index contributed by atoms with van der Waals surface area (Å²) in [5.41, 5.74) is 1.78. The Kier molecular flexibility index (Phi) is 5.58. The van der Waals surface area contributed by atoms with E-state index in [0.29, 0.717) is 5.69 Å². The highest BCUT2D eigenvalue weighted by Gasteiger charge is 2.13. The van der Waals surface area contributed by atoms with E-state index in [0.717, 1.165) is 22.0 Å². The van der Waals surface area contributed by atoms with Gasteiger partial charge in [-0.1, -0.05) is 40.9 Å². The molecule has 0 saturated carbocycles. The van der Waals surface area contributed by atoms with E-state index in [9.17, 15) is 14.4 Å². The van der Waals surface area contributed by atoms with Crippen LogP contribution < -0.4 is 16.2 Å². The van der Waals surface area contributed by atoms with Gasteiger partial charge in [0.25, 0.3) is 5.56 Å². The van der Waals surface area contributed by atoms with Gasteiger partial charge in [0.15, 0.2) is 0 Å². The van der Waals surface area contributed by atoms with Crippen LogP contribution in [0.25, 0.3) is 0 Å². The van der Waals surface area contributed by atoms with E-state index in [-0.39, 0.29) is 10.0 Å². The lowest BCUT2D eigenvalue weighted by atomic mass is 10.1. The molecule has 2 rings (SSSR count). The molecule has 0 bridgehead atoms. The molecule has 2 N–H and O–H groups in total. The summed E-state index contributed by atoms with van der Waals surface area (Å²) < 4.78 is 0.813. The predicted octanol–water partition coefficient (Wildman–Crippen LogP) is 2.52. The van der Waals surface area contributed by atoms with E-state index in [1.165, 1.54) is 0 Å². The van der Waals surface area contributed by atoms with Gasteiger partial charge >= 0.3 is 6.03 Å². The Hall–Kier alpha value is -2.38. The molecule has 7 nitrogen and oxygen atoms in total. The highest BCUT2D eigenvalue weighted by molar-refractivity contribution is 6.41. The van der Waals surface area contributed by atoms with Crippen LogP contribution in [-0.2, 0) is 11.3 Å². The van der Waals surface area contributed by atoms with Crippen molar-refractivity contribution in [3.8, 4) is 0 Å². The zero-order valence-electron chi connectivity index (χ0n) is 12.9. The summed E-state index contributed by atoms with van der Waals surface area (Å²) in [5, 5.41) is 8.12. The fourth-order valence-corrected chi connectivity index (χ4v) is 2.24. The Morgan fingerprint density at radius 1 is 1.25 bits per heavy atom. The third-order valence-electron chi connectivity index (χ3n) is 3.12. The summed E-state index contributed by atoms with van der Waals surface area (Å²) in [6, 6.07) is 4.76. The number of benzene rings is 1. The Labute approximate surface area is 147 Å². The van der Waals surface area contributed by atoms with Gasteiger partial charge in [-0.25, -0.2) is 9.48 Å². The zero-order chi connectivity index (χ0) is 17.9. The molecule has 0 atom stereocenters. The molecule has 1 aromatic heterocycles. The summed E-state index contributed by atoms with van der Waals surface area (Å²) in [4.78, 5) is 35.5. The van der Waals surface area contributed by atoms with E-state index in [1.807, 2.05) is 26.0 Å². The molecule has 0 unspecified atom stereocenters. The molecule has 0 saturated heterocycles. The average Bonchev–Trinajstić information content (AvgIpc) is 2.50. The van der Waals surface area contributed by atoms with Gasteiger partial charge in [0.1, 0.15) is 11.6 Å². The highest BCUT2D eigenvalue weighted by atomic mass is 35.5. The highest BCUT2D eigenvalue weighted by Crippen LogP contribution is 2.16. The maximum Gasteiger partial charge on any atom is 0.325 e. The molecule has 0 aliphatic rings. The Morgan fingerprint density at radius 2 is 1.96 bits per heavy atom. The molecular formula is C15H14Cl2N4O3. The first-order valence-corrected chi connectivity index (χ1v) is 7.62. The minimum Gasteiger partial charge on any atom is -0.307 e. The molecule has 0 fully saturated rings. The number of hydrogen-bond donors (Lipinski definition) is 2. The number of carbonyl (C=O) groups excluding carboxylic acids is 2. The van der Waals surface area contributed by atoms with Gasteiger partial charge in [-0.3, -0.25) is 14.9 Å². The van der Waals surface area contributed by atoms with Crippen LogP contribution in [0.3, 0.4) is 0 Å². The Balaban J connectivity index is 2.01. The number of halogens is 2. The van der Waals surface area contributed by atoms with E-state index in [2.05, 4.69) is 15.7 Å². The minimum atomic E-state index is -0.717.